The highest BCUT2D eigenvalue weighted by Crippen LogP contribution is 2.31. The van der Waals surface area contributed by atoms with E-state index in [4.69, 9.17) is 9.47 Å². The molecule has 0 saturated carbocycles. The van der Waals surface area contributed by atoms with Crippen molar-refractivity contribution in [3.8, 4) is 17.2 Å². The van der Waals surface area contributed by atoms with Gasteiger partial charge in [-0.05, 0) is 30.3 Å². The summed E-state index contributed by atoms with van der Waals surface area (Å²) in [5.74, 6) is 0.0516. The highest BCUT2D eigenvalue weighted by atomic mass is 32.1. The topological polar surface area (TPSA) is 69.7 Å². The van der Waals surface area contributed by atoms with E-state index in [2.05, 4.69) is 15.0 Å². The first-order valence-corrected chi connectivity index (χ1v) is 9.03. The predicted molar refractivity (Wildman–Crippen MR) is 100 cm³/mol. The van der Waals surface area contributed by atoms with Crippen LogP contribution in [0.5, 0.6) is 17.2 Å². The molecule has 0 unspecified atom stereocenters. The Balaban J connectivity index is 1.69. The number of halogens is 2. The molecule has 3 aromatic rings. The molecule has 0 aliphatic heterocycles. The number of rotatable bonds is 8. The van der Waals surface area contributed by atoms with E-state index in [1.807, 2.05) is 5.38 Å². The van der Waals surface area contributed by atoms with Gasteiger partial charge in [0.15, 0.2) is 11.5 Å². The summed E-state index contributed by atoms with van der Waals surface area (Å²) in [6.45, 7) is -2.71. The van der Waals surface area contributed by atoms with Gasteiger partial charge in [-0.25, -0.2) is 4.98 Å². The maximum absolute atomic E-state index is 12.5. The van der Waals surface area contributed by atoms with Crippen molar-refractivity contribution in [2.45, 2.75) is 13.2 Å². The number of ether oxygens (including phenoxy) is 3. The molecule has 0 radical (unpaired) electrons. The second-order valence-electron chi connectivity index (χ2n) is 5.49. The Bertz CT molecular complexity index is 935. The lowest BCUT2D eigenvalue weighted by atomic mass is 10.2. The first-order chi connectivity index (χ1) is 13.5. The van der Waals surface area contributed by atoms with Crippen LogP contribution < -0.4 is 19.5 Å². The number of thiazole rings is 1. The van der Waals surface area contributed by atoms with Crippen LogP contribution in [0, 0.1) is 0 Å². The molecular weight excluding hydrogens is 390 g/mol. The Kier molecular flexibility index (Phi) is 6.38. The lowest BCUT2D eigenvalue weighted by Gasteiger charge is -2.12. The van der Waals surface area contributed by atoms with Crippen molar-refractivity contribution in [1.29, 1.82) is 0 Å². The zero-order valence-electron chi connectivity index (χ0n) is 14.7. The molecule has 0 aliphatic carbocycles. The van der Waals surface area contributed by atoms with E-state index in [1.54, 1.807) is 29.8 Å². The Morgan fingerprint density at radius 3 is 2.79 bits per heavy atom. The van der Waals surface area contributed by atoms with Gasteiger partial charge in [-0.2, -0.15) is 8.78 Å². The van der Waals surface area contributed by atoms with Crippen molar-refractivity contribution in [3.05, 3.63) is 64.6 Å². The Morgan fingerprint density at radius 2 is 2.07 bits per heavy atom. The summed E-state index contributed by atoms with van der Waals surface area (Å²) in [5, 5.41) is 4.51. The summed E-state index contributed by atoms with van der Waals surface area (Å²) >= 11 is 1.47. The number of amides is 1. The fraction of sp³-hybridized carbons (Fsp3) is 0.158. The van der Waals surface area contributed by atoms with Crippen molar-refractivity contribution in [2.24, 2.45) is 0 Å². The number of hydrogen-bond donors (Lipinski definition) is 1. The third kappa shape index (κ3) is 5.17. The summed E-state index contributed by atoms with van der Waals surface area (Å²) < 4.78 is 40.1. The van der Waals surface area contributed by atoms with Crippen LogP contribution in [0.3, 0.4) is 0 Å². The number of carbonyl (C=O) groups excluding carboxylic acids is 1. The van der Waals surface area contributed by atoms with Crippen LogP contribution >= 0.6 is 11.3 Å². The number of hydrogen-bond acceptors (Lipinski definition) is 6. The standard InChI is InChI=1S/C19H16F2N2O4S/c1-25-16-6-5-13(8-17(16)27-19(20)21)23-18(24)12-3-2-4-15(7-12)26-9-14-10-28-11-22-14/h2-8,10-11,19H,9H2,1H3,(H,23,24). The zero-order valence-corrected chi connectivity index (χ0v) is 15.5. The van der Waals surface area contributed by atoms with Gasteiger partial charge in [0.05, 0.1) is 18.3 Å². The lowest BCUT2D eigenvalue weighted by Crippen LogP contribution is -2.12. The third-order valence-electron chi connectivity index (χ3n) is 3.60. The molecule has 0 bridgehead atoms. The molecule has 1 aromatic heterocycles. The monoisotopic (exact) mass is 406 g/mol. The maximum Gasteiger partial charge on any atom is 0.387 e. The van der Waals surface area contributed by atoms with Crippen LogP contribution in [0.1, 0.15) is 16.1 Å². The van der Waals surface area contributed by atoms with E-state index in [-0.39, 0.29) is 17.2 Å². The lowest BCUT2D eigenvalue weighted by molar-refractivity contribution is -0.0511. The summed E-state index contributed by atoms with van der Waals surface area (Å²) in [7, 11) is 1.34. The van der Waals surface area contributed by atoms with Crippen molar-refractivity contribution >= 4 is 22.9 Å². The van der Waals surface area contributed by atoms with Gasteiger partial charge in [-0.1, -0.05) is 6.07 Å². The smallest absolute Gasteiger partial charge is 0.387 e. The zero-order chi connectivity index (χ0) is 19.9. The quantitative estimate of drug-likeness (QED) is 0.593. The molecule has 0 fully saturated rings. The minimum Gasteiger partial charge on any atom is -0.493 e. The van der Waals surface area contributed by atoms with Gasteiger partial charge in [-0.3, -0.25) is 4.79 Å². The van der Waals surface area contributed by atoms with E-state index in [0.717, 1.165) is 5.69 Å². The summed E-state index contributed by atoms with van der Waals surface area (Å²) in [4.78, 5) is 16.6. The molecule has 0 spiro atoms. The van der Waals surface area contributed by atoms with E-state index < -0.39 is 12.5 Å². The van der Waals surface area contributed by atoms with Crippen LogP contribution in [0.2, 0.25) is 0 Å². The van der Waals surface area contributed by atoms with Gasteiger partial charge in [0.2, 0.25) is 0 Å². The van der Waals surface area contributed by atoms with Crippen molar-refractivity contribution < 1.29 is 27.8 Å². The number of alkyl halides is 2. The van der Waals surface area contributed by atoms with Gasteiger partial charge >= 0.3 is 6.61 Å². The Hall–Kier alpha value is -3.20. The van der Waals surface area contributed by atoms with Crippen LogP contribution in [0.25, 0.3) is 0 Å². The molecule has 0 aliphatic rings. The molecule has 28 heavy (non-hydrogen) atoms. The van der Waals surface area contributed by atoms with Crippen LogP contribution in [0.15, 0.2) is 53.4 Å². The fourth-order valence-electron chi connectivity index (χ4n) is 2.34. The Labute approximate surface area is 163 Å². The fourth-order valence-corrected chi connectivity index (χ4v) is 2.88. The van der Waals surface area contributed by atoms with Gasteiger partial charge in [0, 0.05) is 22.7 Å². The Morgan fingerprint density at radius 1 is 1.21 bits per heavy atom. The molecule has 2 aromatic carbocycles. The van der Waals surface area contributed by atoms with E-state index in [0.29, 0.717) is 17.9 Å². The summed E-state index contributed by atoms with van der Waals surface area (Å²) in [5.41, 5.74) is 3.14. The molecule has 146 valence electrons. The van der Waals surface area contributed by atoms with E-state index in [1.165, 1.54) is 36.6 Å². The highest BCUT2D eigenvalue weighted by molar-refractivity contribution is 7.07. The van der Waals surface area contributed by atoms with Gasteiger partial charge < -0.3 is 19.5 Å². The van der Waals surface area contributed by atoms with Crippen LogP contribution in [-0.4, -0.2) is 24.6 Å². The number of benzene rings is 2. The number of anilines is 1. The molecule has 1 N–H and O–H groups in total. The first kappa shape index (κ1) is 19.6. The maximum atomic E-state index is 12.5. The first-order valence-electron chi connectivity index (χ1n) is 8.09. The SMILES string of the molecule is COc1ccc(NC(=O)c2cccc(OCc3cscn3)c2)cc1OC(F)F. The number of nitrogens with one attached hydrogen (secondary N) is 1. The largest absolute Gasteiger partial charge is 0.493 e. The second-order valence-corrected chi connectivity index (χ2v) is 6.21. The predicted octanol–water partition coefficient (Wildman–Crippen LogP) is 4.58. The molecule has 1 heterocycles. The van der Waals surface area contributed by atoms with Crippen molar-refractivity contribution in [2.75, 3.05) is 12.4 Å². The molecular formula is C19H16F2N2O4S. The minimum atomic E-state index is -3.01. The van der Waals surface area contributed by atoms with Crippen molar-refractivity contribution in [3.63, 3.8) is 0 Å². The number of methoxy groups -OCH3 is 1. The number of aromatic nitrogens is 1. The number of nitrogens with zero attached hydrogens (tertiary/aromatic N) is 1. The summed E-state index contributed by atoms with van der Waals surface area (Å²) in [6.07, 6.45) is 0. The molecule has 1 amide bonds. The van der Waals surface area contributed by atoms with Crippen LogP contribution in [0.4, 0.5) is 14.5 Å². The molecule has 0 atom stereocenters. The number of carbonyl (C=O) groups is 1. The van der Waals surface area contributed by atoms with Gasteiger partial charge in [0.25, 0.3) is 5.91 Å². The average Bonchev–Trinajstić information content (AvgIpc) is 3.20. The minimum absolute atomic E-state index is 0.135. The molecule has 3 rings (SSSR count). The normalized spacial score (nSPS) is 10.6. The van der Waals surface area contributed by atoms with Gasteiger partial charge in [-0.15, -0.1) is 11.3 Å². The van der Waals surface area contributed by atoms with E-state index in [9.17, 15) is 13.6 Å². The summed E-state index contributed by atoms with van der Waals surface area (Å²) in [6, 6.07) is 10.8. The molecule has 6 nitrogen and oxygen atoms in total. The highest BCUT2D eigenvalue weighted by Gasteiger charge is 2.13. The average molecular weight is 406 g/mol. The van der Waals surface area contributed by atoms with Gasteiger partial charge in [0.1, 0.15) is 12.4 Å². The van der Waals surface area contributed by atoms with E-state index >= 15 is 0 Å². The van der Waals surface area contributed by atoms with Crippen LogP contribution in [-0.2, 0) is 6.61 Å². The molecule has 0 saturated heterocycles. The molecule has 9 heteroatoms. The van der Waals surface area contributed by atoms with Crippen molar-refractivity contribution in [1.82, 2.24) is 4.98 Å². The third-order valence-corrected chi connectivity index (χ3v) is 4.24. The second kappa shape index (κ2) is 9.14.